The fraction of sp³-hybridized carbons (Fsp3) is 0.938. The van der Waals surface area contributed by atoms with Crippen molar-refractivity contribution in [3.63, 3.8) is 0 Å². The van der Waals surface area contributed by atoms with Gasteiger partial charge in [0.25, 0.3) is 0 Å². The van der Waals surface area contributed by atoms with E-state index in [2.05, 4.69) is 34.6 Å². The van der Waals surface area contributed by atoms with Crippen molar-refractivity contribution >= 4 is 5.97 Å². The van der Waals surface area contributed by atoms with E-state index in [1.807, 2.05) is 13.8 Å². The molecule has 0 saturated heterocycles. The number of rotatable bonds is 3. The summed E-state index contributed by atoms with van der Waals surface area (Å²) >= 11 is 0. The van der Waals surface area contributed by atoms with Crippen LogP contribution in [0.2, 0.25) is 0 Å². The second-order valence-corrected chi connectivity index (χ2v) is 7.69. The topological polar surface area (TPSA) is 26.3 Å². The van der Waals surface area contributed by atoms with Crippen LogP contribution in [0.15, 0.2) is 0 Å². The Labute approximate surface area is 112 Å². The summed E-state index contributed by atoms with van der Waals surface area (Å²) in [7, 11) is 0. The van der Waals surface area contributed by atoms with E-state index in [-0.39, 0.29) is 17.0 Å². The summed E-state index contributed by atoms with van der Waals surface area (Å²) in [6.07, 6.45) is 4.41. The van der Waals surface area contributed by atoms with Gasteiger partial charge in [0.05, 0.1) is 5.41 Å². The monoisotopic (exact) mass is 254 g/mol. The van der Waals surface area contributed by atoms with E-state index in [1.165, 1.54) is 12.8 Å². The van der Waals surface area contributed by atoms with Gasteiger partial charge in [-0.15, -0.1) is 0 Å². The van der Waals surface area contributed by atoms with Gasteiger partial charge in [-0.3, -0.25) is 4.79 Å². The first-order valence-electron chi connectivity index (χ1n) is 7.26. The minimum atomic E-state index is -0.447. The highest BCUT2D eigenvalue weighted by molar-refractivity contribution is 5.77. The van der Waals surface area contributed by atoms with Crippen LogP contribution in [0, 0.1) is 16.7 Å². The molecule has 0 aromatic carbocycles. The van der Waals surface area contributed by atoms with Crippen molar-refractivity contribution in [3.05, 3.63) is 0 Å². The van der Waals surface area contributed by atoms with Crippen molar-refractivity contribution < 1.29 is 9.53 Å². The SMILES string of the molecule is CC(C)C1(OC(=O)C(C)(C)C(C)(C)C)CCCC1. The van der Waals surface area contributed by atoms with Gasteiger partial charge in [0, 0.05) is 0 Å². The average Bonchev–Trinajstić information content (AvgIpc) is 2.65. The van der Waals surface area contributed by atoms with Gasteiger partial charge < -0.3 is 4.74 Å². The largest absolute Gasteiger partial charge is 0.458 e. The Morgan fingerprint density at radius 2 is 1.50 bits per heavy atom. The van der Waals surface area contributed by atoms with E-state index in [0.29, 0.717) is 5.92 Å². The van der Waals surface area contributed by atoms with Crippen molar-refractivity contribution in [2.75, 3.05) is 0 Å². The smallest absolute Gasteiger partial charge is 0.312 e. The van der Waals surface area contributed by atoms with Gasteiger partial charge in [0.2, 0.25) is 0 Å². The zero-order valence-electron chi connectivity index (χ0n) is 13.2. The van der Waals surface area contributed by atoms with Gasteiger partial charge in [0.1, 0.15) is 5.60 Å². The van der Waals surface area contributed by atoms with Crippen molar-refractivity contribution in [2.45, 2.75) is 79.8 Å². The highest BCUT2D eigenvalue weighted by Crippen LogP contribution is 2.44. The zero-order chi connectivity index (χ0) is 14.2. The molecule has 0 radical (unpaired) electrons. The fourth-order valence-electron chi connectivity index (χ4n) is 2.39. The number of carbonyl (C=O) groups excluding carboxylic acids is 1. The molecule has 0 N–H and O–H groups in total. The molecule has 18 heavy (non-hydrogen) atoms. The van der Waals surface area contributed by atoms with Gasteiger partial charge in [-0.25, -0.2) is 0 Å². The molecule has 1 aliphatic carbocycles. The van der Waals surface area contributed by atoms with Crippen LogP contribution in [-0.4, -0.2) is 11.6 Å². The van der Waals surface area contributed by atoms with E-state index in [9.17, 15) is 4.79 Å². The molecular weight excluding hydrogens is 224 g/mol. The Hall–Kier alpha value is -0.530. The van der Waals surface area contributed by atoms with Crippen molar-refractivity contribution in [2.24, 2.45) is 16.7 Å². The number of esters is 1. The zero-order valence-corrected chi connectivity index (χ0v) is 13.2. The van der Waals surface area contributed by atoms with Crippen molar-refractivity contribution in [1.82, 2.24) is 0 Å². The summed E-state index contributed by atoms with van der Waals surface area (Å²) < 4.78 is 6.01. The summed E-state index contributed by atoms with van der Waals surface area (Å²) in [6.45, 7) is 14.6. The highest BCUT2D eigenvalue weighted by Gasteiger charge is 2.47. The lowest BCUT2D eigenvalue weighted by Gasteiger charge is -2.41. The van der Waals surface area contributed by atoms with Crippen LogP contribution in [0.4, 0.5) is 0 Å². The Morgan fingerprint density at radius 3 is 1.83 bits per heavy atom. The van der Waals surface area contributed by atoms with E-state index in [4.69, 9.17) is 4.74 Å². The molecule has 0 bridgehead atoms. The molecule has 106 valence electrons. The average molecular weight is 254 g/mol. The van der Waals surface area contributed by atoms with Crippen LogP contribution >= 0.6 is 0 Å². The third kappa shape index (κ3) is 2.73. The molecule has 0 aliphatic heterocycles. The van der Waals surface area contributed by atoms with Gasteiger partial charge in [-0.05, 0) is 50.9 Å². The summed E-state index contributed by atoms with van der Waals surface area (Å²) in [6, 6.07) is 0. The first-order chi connectivity index (χ1) is 8.03. The molecular formula is C16H30O2. The van der Waals surface area contributed by atoms with Crippen LogP contribution in [0.3, 0.4) is 0 Å². The molecule has 0 atom stereocenters. The Bertz CT molecular complexity index is 302. The van der Waals surface area contributed by atoms with Gasteiger partial charge >= 0.3 is 5.97 Å². The summed E-state index contributed by atoms with van der Waals surface area (Å²) in [5.74, 6) is 0.366. The molecule has 1 fully saturated rings. The molecule has 0 heterocycles. The van der Waals surface area contributed by atoms with E-state index in [0.717, 1.165) is 12.8 Å². The van der Waals surface area contributed by atoms with Gasteiger partial charge in [-0.2, -0.15) is 0 Å². The van der Waals surface area contributed by atoms with Crippen LogP contribution in [0.1, 0.15) is 74.1 Å². The second kappa shape index (κ2) is 4.86. The molecule has 0 amide bonds. The molecule has 0 unspecified atom stereocenters. The molecule has 2 heteroatoms. The summed E-state index contributed by atoms with van der Waals surface area (Å²) in [4.78, 5) is 12.6. The molecule has 0 aromatic heterocycles. The second-order valence-electron chi connectivity index (χ2n) is 7.69. The normalized spacial score (nSPS) is 20.2. The minimum Gasteiger partial charge on any atom is -0.458 e. The Kier molecular flexibility index (Phi) is 4.19. The first-order valence-corrected chi connectivity index (χ1v) is 7.26. The first kappa shape index (κ1) is 15.5. The lowest BCUT2D eigenvalue weighted by atomic mass is 9.69. The summed E-state index contributed by atoms with van der Waals surface area (Å²) in [5, 5.41) is 0. The van der Waals surface area contributed by atoms with Crippen LogP contribution in [0.25, 0.3) is 0 Å². The Morgan fingerprint density at radius 1 is 1.06 bits per heavy atom. The van der Waals surface area contributed by atoms with Gasteiger partial charge in [0.15, 0.2) is 0 Å². The third-order valence-electron chi connectivity index (χ3n) is 5.18. The van der Waals surface area contributed by atoms with Crippen LogP contribution < -0.4 is 0 Å². The molecule has 1 saturated carbocycles. The molecule has 2 nitrogen and oxygen atoms in total. The Balaban J connectivity index is 2.87. The lowest BCUT2D eigenvalue weighted by molar-refractivity contribution is -0.181. The van der Waals surface area contributed by atoms with Crippen molar-refractivity contribution in [1.29, 1.82) is 0 Å². The maximum absolute atomic E-state index is 12.6. The fourth-order valence-corrected chi connectivity index (χ4v) is 2.39. The number of ether oxygens (including phenoxy) is 1. The number of hydrogen-bond acceptors (Lipinski definition) is 2. The molecule has 1 rings (SSSR count). The van der Waals surface area contributed by atoms with E-state index in [1.54, 1.807) is 0 Å². The molecule has 0 aromatic rings. The quantitative estimate of drug-likeness (QED) is 0.690. The number of carbonyl (C=O) groups is 1. The van der Waals surface area contributed by atoms with Crippen molar-refractivity contribution in [3.8, 4) is 0 Å². The third-order valence-corrected chi connectivity index (χ3v) is 5.18. The maximum atomic E-state index is 12.6. The maximum Gasteiger partial charge on any atom is 0.312 e. The predicted octanol–water partition coefficient (Wildman–Crippen LogP) is 4.57. The van der Waals surface area contributed by atoms with Gasteiger partial charge in [-0.1, -0.05) is 34.6 Å². The molecule has 1 aliphatic rings. The lowest BCUT2D eigenvalue weighted by Crippen LogP contribution is -2.46. The van der Waals surface area contributed by atoms with Crippen LogP contribution in [0.5, 0.6) is 0 Å². The van der Waals surface area contributed by atoms with Crippen LogP contribution in [-0.2, 0) is 9.53 Å². The highest BCUT2D eigenvalue weighted by atomic mass is 16.6. The predicted molar refractivity (Wildman–Crippen MR) is 75.4 cm³/mol. The van der Waals surface area contributed by atoms with E-state index >= 15 is 0 Å². The summed E-state index contributed by atoms with van der Waals surface area (Å²) in [5.41, 5.74) is -0.738. The van der Waals surface area contributed by atoms with E-state index < -0.39 is 5.41 Å². The standard InChI is InChI=1S/C16H30O2/c1-12(2)16(10-8-9-11-16)18-13(17)15(6,7)14(3,4)5/h12H,8-11H2,1-7H3. The number of hydrogen-bond donors (Lipinski definition) is 0. The molecule has 0 spiro atoms. The minimum absolute atomic E-state index is 0.0365.